The van der Waals surface area contributed by atoms with E-state index < -0.39 is 19.4 Å². The van der Waals surface area contributed by atoms with Crippen molar-refractivity contribution in [2.24, 2.45) is 16.7 Å². The van der Waals surface area contributed by atoms with Gasteiger partial charge in [-0.15, -0.1) is 0 Å². The fourth-order valence-corrected chi connectivity index (χ4v) is 9.90. The van der Waals surface area contributed by atoms with Crippen molar-refractivity contribution in [2.45, 2.75) is 45.6 Å². The van der Waals surface area contributed by atoms with Crippen LogP contribution in [-0.2, 0) is 18.4 Å². The van der Waals surface area contributed by atoms with E-state index in [0.29, 0.717) is 6.61 Å². The molecule has 0 radical (unpaired) electrons. The molecule has 2 aliphatic carbocycles. The minimum Gasteiger partial charge on any atom is -0.385 e. The van der Waals surface area contributed by atoms with Gasteiger partial charge in [-0.2, -0.15) is 0 Å². The van der Waals surface area contributed by atoms with Crippen LogP contribution in [0, 0.1) is 16.7 Å². The Morgan fingerprint density at radius 3 is 2.12 bits per heavy atom. The number of hydrogen-bond donors (Lipinski definition) is 0. The fraction of sp³-hybridized carbons (Fsp3) is 0.429. The van der Waals surface area contributed by atoms with Gasteiger partial charge in [0.1, 0.15) is 0 Å². The van der Waals surface area contributed by atoms with E-state index in [9.17, 15) is 9.59 Å². The first-order valence-corrected chi connectivity index (χ1v) is 14.3. The van der Waals surface area contributed by atoms with Crippen molar-refractivity contribution in [1.82, 2.24) is 4.90 Å². The molecule has 3 atom stereocenters. The molecule has 2 heterocycles. The molecule has 2 aliphatic heterocycles. The van der Waals surface area contributed by atoms with E-state index in [1.54, 1.807) is 4.90 Å². The van der Waals surface area contributed by atoms with Gasteiger partial charge in [0.25, 0.3) is 0 Å². The molecule has 1 saturated carbocycles. The number of hydrogen-bond acceptors (Lipinski definition) is 4. The van der Waals surface area contributed by atoms with E-state index >= 15 is 0 Å². The Bertz CT molecular complexity index is 1120. The summed E-state index contributed by atoms with van der Waals surface area (Å²) in [6.07, 6.45) is 5.52. The van der Waals surface area contributed by atoms with Crippen LogP contribution in [0.5, 0.6) is 0 Å². The van der Waals surface area contributed by atoms with Gasteiger partial charge in [-0.05, 0) is 34.7 Å². The summed E-state index contributed by atoms with van der Waals surface area (Å²) in [5, 5.41) is 2.08. The van der Waals surface area contributed by atoms with Gasteiger partial charge in [0.15, 0.2) is 0 Å². The summed E-state index contributed by atoms with van der Waals surface area (Å²) in [6, 6.07) is 20.1. The minimum absolute atomic E-state index is 0.0168. The van der Waals surface area contributed by atoms with E-state index in [-0.39, 0.29) is 30.4 Å². The van der Waals surface area contributed by atoms with Crippen LogP contribution in [0.3, 0.4) is 0 Å². The lowest BCUT2D eigenvalue weighted by atomic mass is 9.46. The van der Waals surface area contributed by atoms with Crippen molar-refractivity contribution < 1.29 is 18.4 Å². The molecular weight excluding hydrogens is 442 g/mol. The summed E-state index contributed by atoms with van der Waals surface area (Å²) in [7, 11) is -3.10. The Labute approximate surface area is 202 Å². The van der Waals surface area contributed by atoms with Crippen molar-refractivity contribution in [2.75, 3.05) is 13.2 Å². The van der Waals surface area contributed by atoms with Gasteiger partial charge in [0, 0.05) is 0 Å². The number of rotatable bonds is 3. The molecule has 2 amide bonds. The number of amides is 2. The first-order chi connectivity index (χ1) is 16.5. The summed E-state index contributed by atoms with van der Waals surface area (Å²) < 4.78 is 13.8. The number of carbonyl (C=O) groups is 2. The highest BCUT2D eigenvalue weighted by molar-refractivity contribution is 6.92. The van der Waals surface area contributed by atoms with Crippen molar-refractivity contribution in [1.29, 1.82) is 0 Å². The van der Waals surface area contributed by atoms with Crippen LogP contribution >= 0.6 is 0 Å². The lowest BCUT2D eigenvalue weighted by molar-refractivity contribution is -0.146. The number of fused-ring (bicyclic) bond motifs is 1. The number of carbonyl (C=O) groups excluding carboxylic acids is 2. The highest BCUT2D eigenvalue weighted by atomic mass is 28.4. The number of benzene rings is 2. The summed E-state index contributed by atoms with van der Waals surface area (Å²) in [6.45, 7) is 4.73. The third-order valence-electron chi connectivity index (χ3n) is 8.58. The zero-order valence-electron chi connectivity index (χ0n) is 19.8. The van der Waals surface area contributed by atoms with Gasteiger partial charge in [-0.3, -0.25) is 14.5 Å². The van der Waals surface area contributed by atoms with E-state index in [1.807, 2.05) is 36.4 Å². The normalized spacial score (nSPS) is 32.1. The average molecular weight is 474 g/mol. The predicted octanol–water partition coefficient (Wildman–Crippen LogP) is 3.17. The summed E-state index contributed by atoms with van der Waals surface area (Å²) in [5.41, 5.74) is -0.424. The molecule has 6 rings (SSSR count). The molecule has 2 aromatic carbocycles. The van der Waals surface area contributed by atoms with Crippen molar-refractivity contribution >= 4 is 30.7 Å². The van der Waals surface area contributed by atoms with Gasteiger partial charge in [0.05, 0.1) is 30.1 Å². The maximum atomic E-state index is 14.0. The second-order valence-corrected chi connectivity index (χ2v) is 13.5. The van der Waals surface area contributed by atoms with Crippen molar-refractivity contribution in [3.63, 3.8) is 0 Å². The average Bonchev–Trinajstić information content (AvgIpc) is 2.98. The first kappa shape index (κ1) is 22.0. The smallest absolute Gasteiger partial charge is 0.385 e. The van der Waals surface area contributed by atoms with E-state index in [1.165, 1.54) is 0 Å². The highest BCUT2D eigenvalue weighted by Gasteiger charge is 2.76. The van der Waals surface area contributed by atoms with Gasteiger partial charge in [-0.25, -0.2) is 0 Å². The quantitative estimate of drug-likeness (QED) is 0.390. The maximum Gasteiger partial charge on any atom is 0.407 e. The van der Waals surface area contributed by atoms with Crippen LogP contribution in [0.2, 0.25) is 0 Å². The molecule has 6 heteroatoms. The van der Waals surface area contributed by atoms with Gasteiger partial charge in [-0.1, -0.05) is 93.4 Å². The van der Waals surface area contributed by atoms with Crippen molar-refractivity contribution in [3.05, 3.63) is 72.3 Å². The Balaban J connectivity index is 1.53. The molecule has 2 aromatic rings. The molecule has 34 heavy (non-hydrogen) atoms. The summed E-state index contributed by atoms with van der Waals surface area (Å²) in [4.78, 5) is 29.5. The lowest BCUT2D eigenvalue weighted by Gasteiger charge is -2.53. The van der Waals surface area contributed by atoms with Gasteiger partial charge < -0.3 is 8.85 Å². The Morgan fingerprint density at radius 2 is 1.50 bits per heavy atom. The Morgan fingerprint density at radius 1 is 0.882 bits per heavy atom. The number of imide groups is 1. The molecule has 176 valence electrons. The molecule has 0 N–H and O–H groups in total. The zero-order chi connectivity index (χ0) is 23.6. The van der Waals surface area contributed by atoms with Gasteiger partial charge >= 0.3 is 8.56 Å². The predicted molar refractivity (Wildman–Crippen MR) is 132 cm³/mol. The molecule has 0 aromatic heterocycles. The van der Waals surface area contributed by atoms with Crippen LogP contribution < -0.4 is 10.4 Å². The van der Waals surface area contributed by atoms with E-state index in [0.717, 1.165) is 41.6 Å². The van der Waals surface area contributed by atoms with Crippen LogP contribution in [0.1, 0.15) is 39.5 Å². The molecule has 2 bridgehead atoms. The van der Waals surface area contributed by atoms with Gasteiger partial charge in [0.2, 0.25) is 11.8 Å². The lowest BCUT2D eigenvalue weighted by Crippen LogP contribution is -2.66. The molecule has 0 unspecified atom stereocenters. The minimum atomic E-state index is -3.10. The second kappa shape index (κ2) is 7.73. The molecular formula is C28H31NO4Si. The largest absolute Gasteiger partial charge is 0.407 e. The SMILES string of the molecule is CC(C)[C@H]1CO[Si](c2ccccc2)(c2ccccc2)OCC2=C[C@@]34CCCC[C@@]23C(=O)N1C4=O. The topological polar surface area (TPSA) is 55.8 Å². The zero-order valence-corrected chi connectivity index (χ0v) is 20.8. The molecule has 1 spiro atoms. The molecule has 5 nitrogen and oxygen atoms in total. The van der Waals surface area contributed by atoms with Crippen LogP contribution in [-0.4, -0.2) is 44.5 Å². The second-order valence-electron chi connectivity index (χ2n) is 10.5. The summed E-state index contributed by atoms with van der Waals surface area (Å²) in [5.74, 6) is 0.0346. The first-order valence-electron chi connectivity index (χ1n) is 12.5. The van der Waals surface area contributed by atoms with Crippen LogP contribution in [0.4, 0.5) is 0 Å². The third kappa shape index (κ3) is 2.67. The standard InChI is InChI=1S/C28H31NO4Si/c1-20(2)24-19-33-34(22-11-5-3-6-12-22,23-13-7-4-8-14-23)32-18-21-17-27-15-9-10-16-28(21,27)26(31)29(24)25(27)30/h3-8,11-14,17,20,24H,9-10,15-16,18-19H2,1-2H3/t24-,27-,28+/m1/s1. The van der Waals surface area contributed by atoms with Crippen molar-refractivity contribution in [3.8, 4) is 0 Å². The Hall–Kier alpha value is -2.54. The fourth-order valence-electron chi connectivity index (χ4n) is 6.79. The highest BCUT2D eigenvalue weighted by Crippen LogP contribution is 2.68. The molecule has 4 aliphatic rings. The molecule has 3 fully saturated rings. The third-order valence-corrected chi connectivity index (χ3v) is 11.9. The van der Waals surface area contributed by atoms with E-state index in [2.05, 4.69) is 44.2 Å². The number of nitrogens with zero attached hydrogens (tertiary/aromatic N) is 1. The summed E-state index contributed by atoms with van der Waals surface area (Å²) >= 11 is 0. The Kier molecular flexibility index (Phi) is 4.99. The van der Waals surface area contributed by atoms with Crippen LogP contribution in [0.25, 0.3) is 0 Å². The monoisotopic (exact) mass is 473 g/mol. The molecule has 2 saturated heterocycles. The van der Waals surface area contributed by atoms with E-state index in [4.69, 9.17) is 8.85 Å². The maximum absolute atomic E-state index is 14.0. The van der Waals surface area contributed by atoms with Crippen LogP contribution in [0.15, 0.2) is 72.3 Å².